The van der Waals surface area contributed by atoms with E-state index < -0.39 is 0 Å². The van der Waals surface area contributed by atoms with Gasteiger partial charge in [0.2, 0.25) is 0 Å². The Morgan fingerprint density at radius 2 is 1.26 bits per heavy atom. The number of likely N-dealkylation sites (tertiary alicyclic amines) is 1. The van der Waals surface area contributed by atoms with Crippen LogP contribution < -0.4 is 5.32 Å². The highest BCUT2D eigenvalue weighted by molar-refractivity contribution is 5.17. The Labute approximate surface area is 164 Å². The van der Waals surface area contributed by atoms with Crippen LogP contribution in [-0.4, -0.2) is 48.1 Å². The average molecular weight is 363 g/mol. The first-order valence-electron chi connectivity index (χ1n) is 10.6. The fraction of sp³-hybridized carbons (Fsp3) is 0.500. The highest BCUT2D eigenvalue weighted by Crippen LogP contribution is 2.24. The summed E-state index contributed by atoms with van der Waals surface area (Å²) in [7, 11) is 0. The minimum atomic E-state index is 0.676. The summed E-state index contributed by atoms with van der Waals surface area (Å²) in [6.07, 6.45) is 5.10. The van der Waals surface area contributed by atoms with Crippen LogP contribution in [0.4, 0.5) is 0 Å². The van der Waals surface area contributed by atoms with Gasteiger partial charge in [-0.3, -0.25) is 4.90 Å². The van der Waals surface area contributed by atoms with Crippen LogP contribution >= 0.6 is 0 Å². The molecule has 0 N–H and O–H groups in total. The second-order valence-corrected chi connectivity index (χ2v) is 8.05. The van der Waals surface area contributed by atoms with Crippen LogP contribution in [0.5, 0.6) is 0 Å². The van der Waals surface area contributed by atoms with Crippen LogP contribution in [0.2, 0.25) is 0 Å². The van der Waals surface area contributed by atoms with Crippen molar-refractivity contribution in [2.75, 3.05) is 26.2 Å². The summed E-state index contributed by atoms with van der Waals surface area (Å²) in [5, 5.41) is 4.52. The van der Waals surface area contributed by atoms with Crippen molar-refractivity contribution >= 4 is 0 Å². The molecular formula is C24H32N3. The quantitative estimate of drug-likeness (QED) is 0.776. The van der Waals surface area contributed by atoms with E-state index in [0.29, 0.717) is 6.04 Å². The molecule has 3 heteroatoms. The number of nitrogens with zero attached hydrogens (tertiary/aromatic N) is 3. The Bertz CT molecular complexity index is 617. The first kappa shape index (κ1) is 18.7. The molecule has 0 bridgehead atoms. The van der Waals surface area contributed by atoms with Crippen molar-refractivity contribution in [2.24, 2.45) is 0 Å². The largest absolute Gasteiger partial charge is 0.300 e. The molecule has 0 spiro atoms. The topological polar surface area (TPSA) is 20.6 Å². The first-order valence-corrected chi connectivity index (χ1v) is 10.6. The highest BCUT2D eigenvalue weighted by Gasteiger charge is 2.29. The molecule has 27 heavy (non-hydrogen) atoms. The van der Waals surface area contributed by atoms with Crippen molar-refractivity contribution in [3.8, 4) is 0 Å². The molecule has 0 amide bonds. The SMILES string of the molecule is c1ccc(CN(Cc2ccccc2)C2CCN(C3CC[N]CC3)CC2)cc1. The molecule has 2 aliphatic rings. The Hall–Kier alpha value is -1.68. The van der Waals surface area contributed by atoms with Gasteiger partial charge in [0.05, 0.1) is 0 Å². The lowest BCUT2D eigenvalue weighted by molar-refractivity contribution is 0.0649. The van der Waals surface area contributed by atoms with Gasteiger partial charge in [0.25, 0.3) is 0 Å². The number of hydrogen-bond acceptors (Lipinski definition) is 2. The lowest BCUT2D eigenvalue weighted by Gasteiger charge is -2.42. The maximum atomic E-state index is 4.52. The van der Waals surface area contributed by atoms with Gasteiger partial charge >= 0.3 is 0 Å². The second-order valence-electron chi connectivity index (χ2n) is 8.05. The molecule has 0 aliphatic carbocycles. The molecule has 3 nitrogen and oxygen atoms in total. The van der Waals surface area contributed by atoms with Crippen LogP contribution in [0.3, 0.4) is 0 Å². The van der Waals surface area contributed by atoms with Gasteiger partial charge < -0.3 is 4.90 Å². The van der Waals surface area contributed by atoms with Crippen LogP contribution in [0, 0.1) is 0 Å². The van der Waals surface area contributed by atoms with E-state index in [-0.39, 0.29) is 0 Å². The minimum absolute atomic E-state index is 0.676. The molecule has 4 rings (SSSR count). The summed E-state index contributed by atoms with van der Waals surface area (Å²) in [5.74, 6) is 0. The summed E-state index contributed by atoms with van der Waals surface area (Å²) in [6, 6.07) is 23.4. The van der Waals surface area contributed by atoms with Crippen LogP contribution in [-0.2, 0) is 13.1 Å². The summed E-state index contributed by atoms with van der Waals surface area (Å²) in [5.41, 5.74) is 2.84. The van der Waals surface area contributed by atoms with Gasteiger partial charge in [0, 0.05) is 38.3 Å². The lowest BCUT2D eigenvalue weighted by Crippen LogP contribution is -2.49. The maximum Gasteiger partial charge on any atom is 0.0240 e. The Morgan fingerprint density at radius 1 is 0.741 bits per heavy atom. The van der Waals surface area contributed by atoms with Gasteiger partial charge in [0.1, 0.15) is 0 Å². The molecule has 0 atom stereocenters. The fourth-order valence-electron chi connectivity index (χ4n) is 4.67. The highest BCUT2D eigenvalue weighted by atomic mass is 15.2. The van der Waals surface area contributed by atoms with E-state index in [9.17, 15) is 0 Å². The predicted molar refractivity (Wildman–Crippen MR) is 112 cm³/mol. The van der Waals surface area contributed by atoms with E-state index in [2.05, 4.69) is 75.8 Å². The van der Waals surface area contributed by atoms with Crippen molar-refractivity contribution in [3.63, 3.8) is 0 Å². The molecule has 2 aliphatic heterocycles. The Balaban J connectivity index is 1.40. The fourth-order valence-corrected chi connectivity index (χ4v) is 4.67. The van der Waals surface area contributed by atoms with Crippen molar-refractivity contribution < 1.29 is 0 Å². The molecule has 1 radical (unpaired) electrons. The number of rotatable bonds is 6. The van der Waals surface area contributed by atoms with E-state index in [0.717, 1.165) is 32.2 Å². The number of piperidine rings is 2. The van der Waals surface area contributed by atoms with Crippen molar-refractivity contribution in [1.29, 1.82) is 0 Å². The number of hydrogen-bond donors (Lipinski definition) is 0. The molecule has 0 saturated carbocycles. The molecule has 0 aromatic heterocycles. The molecule has 0 unspecified atom stereocenters. The van der Waals surface area contributed by atoms with Crippen LogP contribution in [0.15, 0.2) is 60.7 Å². The Kier molecular flexibility index (Phi) is 6.57. The predicted octanol–water partition coefficient (Wildman–Crippen LogP) is 3.92. The van der Waals surface area contributed by atoms with Crippen molar-refractivity contribution in [1.82, 2.24) is 15.1 Å². The number of benzene rings is 2. The standard InChI is InChI=1S/C24H32N3/c1-3-7-21(8-4-1)19-27(20-22-9-5-2-6-10-22)24-13-17-26(18-14-24)23-11-15-25-16-12-23/h1-10,23-24H,11-20H2. The van der Waals surface area contributed by atoms with E-state index in [1.54, 1.807) is 0 Å². The van der Waals surface area contributed by atoms with Gasteiger partial charge in [-0.1, -0.05) is 60.7 Å². The summed E-state index contributed by atoms with van der Waals surface area (Å²) < 4.78 is 0. The maximum absolute atomic E-state index is 4.52. The molecule has 2 aromatic rings. The summed E-state index contributed by atoms with van der Waals surface area (Å²) >= 11 is 0. The van der Waals surface area contributed by atoms with Gasteiger partial charge in [-0.05, 0) is 49.9 Å². The Morgan fingerprint density at radius 3 is 1.78 bits per heavy atom. The smallest absolute Gasteiger partial charge is 0.0240 e. The normalized spacial score (nSPS) is 20.2. The monoisotopic (exact) mass is 362 g/mol. The molecule has 143 valence electrons. The van der Waals surface area contributed by atoms with E-state index in [1.165, 1.54) is 49.9 Å². The third-order valence-corrected chi connectivity index (χ3v) is 6.23. The zero-order chi connectivity index (χ0) is 18.3. The van der Waals surface area contributed by atoms with E-state index in [1.807, 2.05) is 0 Å². The van der Waals surface area contributed by atoms with Gasteiger partial charge in [-0.25, -0.2) is 5.32 Å². The zero-order valence-corrected chi connectivity index (χ0v) is 16.3. The third-order valence-electron chi connectivity index (χ3n) is 6.23. The zero-order valence-electron chi connectivity index (χ0n) is 16.3. The van der Waals surface area contributed by atoms with E-state index >= 15 is 0 Å². The summed E-state index contributed by atoms with van der Waals surface area (Å²) in [6.45, 7) is 6.72. The molecule has 2 heterocycles. The van der Waals surface area contributed by atoms with E-state index in [4.69, 9.17) is 0 Å². The van der Waals surface area contributed by atoms with Gasteiger partial charge in [-0.15, -0.1) is 0 Å². The summed E-state index contributed by atoms with van der Waals surface area (Å²) in [4.78, 5) is 5.45. The molecular weight excluding hydrogens is 330 g/mol. The van der Waals surface area contributed by atoms with Gasteiger partial charge in [0.15, 0.2) is 0 Å². The first-order chi connectivity index (χ1) is 13.4. The second kappa shape index (κ2) is 9.50. The minimum Gasteiger partial charge on any atom is -0.300 e. The van der Waals surface area contributed by atoms with Gasteiger partial charge in [-0.2, -0.15) is 0 Å². The molecule has 2 aromatic carbocycles. The van der Waals surface area contributed by atoms with Crippen LogP contribution in [0.1, 0.15) is 36.8 Å². The average Bonchev–Trinajstić information content (AvgIpc) is 2.76. The van der Waals surface area contributed by atoms with Crippen molar-refractivity contribution in [2.45, 2.75) is 50.9 Å². The third kappa shape index (κ3) is 5.19. The molecule has 2 saturated heterocycles. The van der Waals surface area contributed by atoms with Crippen LogP contribution in [0.25, 0.3) is 0 Å². The molecule has 2 fully saturated rings. The van der Waals surface area contributed by atoms with Crippen molar-refractivity contribution in [3.05, 3.63) is 71.8 Å². The lowest BCUT2D eigenvalue weighted by atomic mass is 9.97.